The van der Waals surface area contributed by atoms with Crippen molar-refractivity contribution in [1.82, 2.24) is 4.90 Å². The molecule has 1 fully saturated rings. The lowest BCUT2D eigenvalue weighted by Crippen LogP contribution is -2.39. The second kappa shape index (κ2) is 7.14. The predicted molar refractivity (Wildman–Crippen MR) is 73.4 cm³/mol. The van der Waals surface area contributed by atoms with Gasteiger partial charge in [0.05, 0.1) is 12.5 Å². The summed E-state index contributed by atoms with van der Waals surface area (Å²) in [6.07, 6.45) is 2.73. The summed E-state index contributed by atoms with van der Waals surface area (Å²) in [6, 6.07) is 9.77. The van der Waals surface area contributed by atoms with Gasteiger partial charge in [0.1, 0.15) is 5.75 Å². The first-order valence-electron chi connectivity index (χ1n) is 6.89. The Balaban J connectivity index is 1.64. The Morgan fingerprint density at radius 1 is 1.37 bits per heavy atom. The SMILES string of the molecule is O=C(O)[C@@H]1CCCN(CCCOc2ccccc2)C1. The molecule has 0 unspecified atom stereocenters. The fraction of sp³-hybridized carbons (Fsp3) is 0.533. The van der Waals surface area contributed by atoms with Crippen LogP contribution in [0.25, 0.3) is 0 Å². The molecule has 1 aromatic carbocycles. The van der Waals surface area contributed by atoms with Gasteiger partial charge in [-0.3, -0.25) is 4.79 Å². The predicted octanol–water partition coefficient (Wildman–Crippen LogP) is 2.25. The molecule has 4 nitrogen and oxygen atoms in total. The molecule has 2 rings (SSSR count). The smallest absolute Gasteiger partial charge is 0.307 e. The molecule has 1 aliphatic heterocycles. The van der Waals surface area contributed by atoms with Gasteiger partial charge >= 0.3 is 5.97 Å². The van der Waals surface area contributed by atoms with Crippen molar-refractivity contribution in [3.63, 3.8) is 0 Å². The van der Waals surface area contributed by atoms with E-state index in [9.17, 15) is 4.79 Å². The Bertz CT molecular complexity index is 394. The van der Waals surface area contributed by atoms with Crippen LogP contribution in [-0.2, 0) is 4.79 Å². The maximum Gasteiger partial charge on any atom is 0.307 e. The minimum Gasteiger partial charge on any atom is -0.494 e. The van der Waals surface area contributed by atoms with E-state index in [1.807, 2.05) is 30.3 Å². The van der Waals surface area contributed by atoms with Crippen molar-refractivity contribution in [2.24, 2.45) is 5.92 Å². The molecule has 1 aliphatic rings. The lowest BCUT2D eigenvalue weighted by molar-refractivity contribution is -0.143. The molecular weight excluding hydrogens is 242 g/mol. The van der Waals surface area contributed by atoms with Gasteiger partial charge in [-0.25, -0.2) is 0 Å². The Labute approximate surface area is 114 Å². The van der Waals surface area contributed by atoms with Gasteiger partial charge in [0.2, 0.25) is 0 Å². The standard InChI is InChI=1S/C15H21NO3/c17-15(18)13-6-4-9-16(12-13)10-5-11-19-14-7-2-1-3-8-14/h1-3,7-8,13H,4-6,9-12H2,(H,17,18)/t13-/m1/s1. The maximum atomic E-state index is 11.0. The van der Waals surface area contributed by atoms with Gasteiger partial charge in [-0.2, -0.15) is 0 Å². The van der Waals surface area contributed by atoms with E-state index in [0.29, 0.717) is 13.2 Å². The first-order valence-corrected chi connectivity index (χ1v) is 6.89. The van der Waals surface area contributed by atoms with Crippen molar-refractivity contribution >= 4 is 5.97 Å². The highest BCUT2D eigenvalue weighted by molar-refractivity contribution is 5.70. The van der Waals surface area contributed by atoms with E-state index in [1.54, 1.807) is 0 Å². The number of piperidine rings is 1. The summed E-state index contributed by atoms with van der Waals surface area (Å²) in [7, 11) is 0. The highest BCUT2D eigenvalue weighted by atomic mass is 16.5. The van der Waals surface area contributed by atoms with E-state index in [-0.39, 0.29) is 5.92 Å². The van der Waals surface area contributed by atoms with Gasteiger partial charge in [0.15, 0.2) is 0 Å². The van der Waals surface area contributed by atoms with E-state index in [2.05, 4.69) is 4.90 Å². The van der Waals surface area contributed by atoms with E-state index in [1.165, 1.54) is 0 Å². The lowest BCUT2D eigenvalue weighted by Gasteiger charge is -2.30. The summed E-state index contributed by atoms with van der Waals surface area (Å²) in [5, 5.41) is 9.02. The summed E-state index contributed by atoms with van der Waals surface area (Å²) < 4.78 is 5.63. The molecule has 1 N–H and O–H groups in total. The van der Waals surface area contributed by atoms with Crippen LogP contribution >= 0.6 is 0 Å². The average Bonchev–Trinajstić information content (AvgIpc) is 2.45. The number of hydrogen-bond donors (Lipinski definition) is 1. The van der Waals surface area contributed by atoms with E-state index < -0.39 is 5.97 Å². The molecule has 1 heterocycles. The van der Waals surface area contributed by atoms with Crippen LogP contribution in [0.4, 0.5) is 0 Å². The maximum absolute atomic E-state index is 11.0. The number of aliphatic carboxylic acids is 1. The molecule has 0 saturated carbocycles. The second-order valence-corrected chi connectivity index (χ2v) is 4.99. The van der Waals surface area contributed by atoms with Gasteiger partial charge in [-0.05, 0) is 37.9 Å². The number of nitrogens with zero attached hydrogens (tertiary/aromatic N) is 1. The molecule has 0 spiro atoms. The lowest BCUT2D eigenvalue weighted by atomic mass is 9.98. The van der Waals surface area contributed by atoms with Crippen LogP contribution in [-0.4, -0.2) is 42.2 Å². The molecule has 1 saturated heterocycles. The van der Waals surface area contributed by atoms with Crippen molar-refractivity contribution in [1.29, 1.82) is 0 Å². The molecular formula is C15H21NO3. The van der Waals surface area contributed by atoms with Crippen molar-refractivity contribution in [2.45, 2.75) is 19.3 Å². The summed E-state index contributed by atoms with van der Waals surface area (Å²) in [4.78, 5) is 13.2. The first kappa shape index (κ1) is 13.9. The van der Waals surface area contributed by atoms with Gasteiger partial charge in [0, 0.05) is 13.1 Å². The van der Waals surface area contributed by atoms with Gasteiger partial charge in [-0.1, -0.05) is 18.2 Å². The van der Waals surface area contributed by atoms with Crippen molar-refractivity contribution in [3.05, 3.63) is 30.3 Å². The number of benzene rings is 1. The topological polar surface area (TPSA) is 49.8 Å². The molecule has 1 aromatic rings. The number of likely N-dealkylation sites (tertiary alicyclic amines) is 1. The van der Waals surface area contributed by atoms with E-state index in [0.717, 1.165) is 38.1 Å². The number of carboxylic acids is 1. The van der Waals surface area contributed by atoms with Crippen molar-refractivity contribution in [3.8, 4) is 5.75 Å². The van der Waals surface area contributed by atoms with Crippen LogP contribution in [0.3, 0.4) is 0 Å². The zero-order valence-electron chi connectivity index (χ0n) is 11.1. The Hall–Kier alpha value is -1.55. The fourth-order valence-electron chi connectivity index (χ4n) is 2.46. The summed E-state index contributed by atoms with van der Waals surface area (Å²) in [5.41, 5.74) is 0. The summed E-state index contributed by atoms with van der Waals surface area (Å²) in [5.74, 6) is 0.0404. The van der Waals surface area contributed by atoms with Crippen molar-refractivity contribution < 1.29 is 14.6 Å². The van der Waals surface area contributed by atoms with Gasteiger partial charge < -0.3 is 14.7 Å². The average molecular weight is 263 g/mol. The molecule has 0 bridgehead atoms. The van der Waals surface area contributed by atoms with Crippen molar-refractivity contribution in [2.75, 3.05) is 26.2 Å². The Kier molecular flexibility index (Phi) is 5.21. The number of carboxylic acid groups (broad SMARTS) is 1. The zero-order valence-corrected chi connectivity index (χ0v) is 11.1. The highest BCUT2D eigenvalue weighted by Gasteiger charge is 2.24. The third-order valence-electron chi connectivity index (χ3n) is 3.49. The Morgan fingerprint density at radius 2 is 2.16 bits per heavy atom. The molecule has 4 heteroatoms. The third kappa shape index (κ3) is 4.56. The highest BCUT2D eigenvalue weighted by Crippen LogP contribution is 2.16. The van der Waals surface area contributed by atoms with Crippen LogP contribution in [0.5, 0.6) is 5.75 Å². The van der Waals surface area contributed by atoms with Crippen LogP contribution in [0, 0.1) is 5.92 Å². The van der Waals surface area contributed by atoms with E-state index >= 15 is 0 Å². The zero-order chi connectivity index (χ0) is 13.5. The molecule has 0 aliphatic carbocycles. The number of carbonyl (C=O) groups is 1. The number of para-hydroxylation sites is 1. The monoisotopic (exact) mass is 263 g/mol. The second-order valence-electron chi connectivity index (χ2n) is 4.99. The van der Waals surface area contributed by atoms with Gasteiger partial charge in [0.25, 0.3) is 0 Å². The van der Waals surface area contributed by atoms with Gasteiger partial charge in [-0.15, -0.1) is 0 Å². The first-order chi connectivity index (χ1) is 9.25. The number of hydrogen-bond acceptors (Lipinski definition) is 3. The summed E-state index contributed by atoms with van der Waals surface area (Å²) in [6.45, 7) is 3.28. The molecule has 0 amide bonds. The molecule has 104 valence electrons. The van der Waals surface area contributed by atoms with Crippen LogP contribution in [0.2, 0.25) is 0 Å². The minimum atomic E-state index is -0.662. The molecule has 0 radical (unpaired) electrons. The minimum absolute atomic E-state index is 0.191. The quantitative estimate of drug-likeness (QED) is 0.800. The van der Waals surface area contributed by atoms with E-state index in [4.69, 9.17) is 9.84 Å². The largest absolute Gasteiger partial charge is 0.494 e. The fourth-order valence-corrected chi connectivity index (χ4v) is 2.46. The number of ether oxygens (including phenoxy) is 1. The third-order valence-corrected chi connectivity index (χ3v) is 3.49. The Morgan fingerprint density at radius 3 is 2.89 bits per heavy atom. The molecule has 0 aromatic heterocycles. The number of rotatable bonds is 6. The molecule has 1 atom stereocenters. The normalized spacial score (nSPS) is 20.1. The van der Waals surface area contributed by atoms with Crippen LogP contribution < -0.4 is 4.74 Å². The molecule has 19 heavy (non-hydrogen) atoms. The van der Waals surface area contributed by atoms with Crippen LogP contribution in [0.1, 0.15) is 19.3 Å². The summed E-state index contributed by atoms with van der Waals surface area (Å²) >= 11 is 0. The van der Waals surface area contributed by atoms with Crippen LogP contribution in [0.15, 0.2) is 30.3 Å².